The number of aliphatic hydroxyl groups is 1. The largest absolute Gasteiger partial charge is 0.376 e. The Morgan fingerprint density at radius 1 is 1.24 bits per heavy atom. The number of hydrogen-bond donors (Lipinski definition) is 2. The van der Waals surface area contributed by atoms with Crippen LogP contribution in [0, 0.1) is 0 Å². The highest BCUT2D eigenvalue weighted by Crippen LogP contribution is 2.25. The molecule has 1 unspecified atom stereocenters. The number of rotatable bonds is 3. The third-order valence-electron chi connectivity index (χ3n) is 3.21. The molecule has 3 N–H and O–H groups in total. The van der Waals surface area contributed by atoms with E-state index in [-0.39, 0.29) is 11.4 Å². The molecule has 0 aromatic heterocycles. The smallest absolute Gasteiger partial charge is 0.206 e. The minimum atomic E-state index is -3.69. The second-order valence-corrected chi connectivity index (χ2v) is 6.48. The van der Waals surface area contributed by atoms with Crippen molar-refractivity contribution in [1.82, 2.24) is 0 Å². The predicted molar refractivity (Wildman–Crippen MR) is 65.3 cm³/mol. The van der Waals surface area contributed by atoms with Crippen LogP contribution in [0.1, 0.15) is 24.0 Å². The Bertz CT molecular complexity index is 510. The first-order valence-electron chi connectivity index (χ1n) is 5.79. The van der Waals surface area contributed by atoms with Gasteiger partial charge in [0.15, 0.2) is 5.44 Å². The summed E-state index contributed by atoms with van der Waals surface area (Å²) in [5.74, 6) is 0. The van der Waals surface area contributed by atoms with Gasteiger partial charge in [0, 0.05) is 6.54 Å². The molecule has 0 fully saturated rings. The molecule has 0 heterocycles. The lowest BCUT2D eigenvalue weighted by Crippen LogP contribution is -2.29. The van der Waals surface area contributed by atoms with Gasteiger partial charge in [-0.2, -0.15) is 0 Å². The van der Waals surface area contributed by atoms with Gasteiger partial charge in [0.2, 0.25) is 9.84 Å². The highest BCUT2D eigenvalue weighted by atomic mass is 32.2. The molecule has 94 valence electrons. The Morgan fingerprint density at radius 2 is 1.88 bits per heavy atom. The van der Waals surface area contributed by atoms with E-state index in [0.717, 1.165) is 31.2 Å². The van der Waals surface area contributed by atoms with Gasteiger partial charge in [0.05, 0.1) is 4.90 Å². The summed E-state index contributed by atoms with van der Waals surface area (Å²) in [5, 5.41) is 9.43. The molecule has 1 aromatic rings. The average molecular weight is 255 g/mol. The number of aryl methyl sites for hydroxylation is 2. The zero-order chi connectivity index (χ0) is 12.5. The minimum Gasteiger partial charge on any atom is -0.376 e. The monoisotopic (exact) mass is 255 g/mol. The maximum absolute atomic E-state index is 11.9. The lowest BCUT2D eigenvalue weighted by molar-refractivity contribution is 0.256. The van der Waals surface area contributed by atoms with E-state index in [9.17, 15) is 13.5 Å². The van der Waals surface area contributed by atoms with Crippen molar-refractivity contribution in [2.45, 2.75) is 36.0 Å². The second kappa shape index (κ2) is 4.76. The first-order valence-corrected chi connectivity index (χ1v) is 7.34. The third-order valence-corrected chi connectivity index (χ3v) is 5.03. The molecule has 0 saturated carbocycles. The van der Waals surface area contributed by atoms with E-state index >= 15 is 0 Å². The van der Waals surface area contributed by atoms with Crippen LogP contribution in [0.5, 0.6) is 0 Å². The van der Waals surface area contributed by atoms with Crippen molar-refractivity contribution < 1.29 is 13.5 Å². The summed E-state index contributed by atoms with van der Waals surface area (Å²) in [5.41, 5.74) is 6.00. The Morgan fingerprint density at radius 3 is 2.53 bits per heavy atom. The van der Waals surface area contributed by atoms with E-state index in [2.05, 4.69) is 0 Å². The molecule has 4 nitrogen and oxygen atoms in total. The van der Waals surface area contributed by atoms with E-state index in [1.807, 2.05) is 6.07 Å². The first kappa shape index (κ1) is 12.5. The molecule has 1 atom stereocenters. The summed E-state index contributed by atoms with van der Waals surface area (Å²) in [6.45, 7) is -0.278. The minimum absolute atomic E-state index is 0.177. The lowest BCUT2D eigenvalue weighted by atomic mass is 9.92. The van der Waals surface area contributed by atoms with Crippen LogP contribution in [-0.2, 0) is 22.7 Å². The molecule has 1 aromatic carbocycles. The molecule has 17 heavy (non-hydrogen) atoms. The highest BCUT2D eigenvalue weighted by Gasteiger charge is 2.24. The van der Waals surface area contributed by atoms with E-state index in [4.69, 9.17) is 5.73 Å². The summed E-state index contributed by atoms with van der Waals surface area (Å²) in [7, 11) is -3.69. The number of sulfone groups is 1. The Kier molecular flexibility index (Phi) is 3.51. The molecule has 0 spiro atoms. The summed E-state index contributed by atoms with van der Waals surface area (Å²) in [6, 6.07) is 5.10. The van der Waals surface area contributed by atoms with Gasteiger partial charge in [0.25, 0.3) is 0 Å². The molecule has 5 heteroatoms. The predicted octanol–water partition coefficient (Wildman–Crippen LogP) is 0.616. The molecule has 0 aliphatic heterocycles. The van der Waals surface area contributed by atoms with E-state index in [1.165, 1.54) is 5.56 Å². The van der Waals surface area contributed by atoms with Crippen LogP contribution in [-0.4, -0.2) is 25.5 Å². The maximum Gasteiger partial charge on any atom is 0.206 e. The van der Waals surface area contributed by atoms with Gasteiger partial charge >= 0.3 is 0 Å². The van der Waals surface area contributed by atoms with Crippen molar-refractivity contribution in [3.8, 4) is 0 Å². The fourth-order valence-electron chi connectivity index (χ4n) is 2.17. The molecule has 1 aliphatic carbocycles. The molecular weight excluding hydrogens is 238 g/mol. The van der Waals surface area contributed by atoms with Gasteiger partial charge in [-0.15, -0.1) is 0 Å². The van der Waals surface area contributed by atoms with Crippen LogP contribution in [0.2, 0.25) is 0 Å². The van der Waals surface area contributed by atoms with Gasteiger partial charge in [-0.05, 0) is 48.9 Å². The molecular formula is C12H17NO3S. The number of nitrogens with two attached hydrogens (primary N) is 1. The van der Waals surface area contributed by atoms with Gasteiger partial charge in [0.1, 0.15) is 0 Å². The van der Waals surface area contributed by atoms with Crippen molar-refractivity contribution in [2.24, 2.45) is 5.73 Å². The summed E-state index contributed by atoms with van der Waals surface area (Å²) in [6.07, 6.45) is 4.17. The van der Waals surface area contributed by atoms with Gasteiger partial charge in [-0.3, -0.25) is 0 Å². The van der Waals surface area contributed by atoms with Crippen LogP contribution in [0.15, 0.2) is 23.1 Å². The quantitative estimate of drug-likeness (QED) is 0.829. The number of hydrogen-bond acceptors (Lipinski definition) is 4. The van der Waals surface area contributed by atoms with Crippen molar-refractivity contribution in [3.05, 3.63) is 29.3 Å². The van der Waals surface area contributed by atoms with Gasteiger partial charge < -0.3 is 10.8 Å². The van der Waals surface area contributed by atoms with E-state index < -0.39 is 15.3 Å². The number of benzene rings is 1. The maximum atomic E-state index is 11.9. The van der Waals surface area contributed by atoms with Crippen LogP contribution >= 0.6 is 0 Å². The van der Waals surface area contributed by atoms with Crippen LogP contribution in [0.3, 0.4) is 0 Å². The number of fused-ring (bicyclic) bond motifs is 1. The van der Waals surface area contributed by atoms with Gasteiger partial charge in [-0.1, -0.05) is 6.07 Å². The zero-order valence-electron chi connectivity index (χ0n) is 9.59. The second-order valence-electron chi connectivity index (χ2n) is 4.37. The summed E-state index contributed by atoms with van der Waals surface area (Å²) in [4.78, 5) is 0.177. The Hall–Kier alpha value is -0.910. The first-order chi connectivity index (χ1) is 8.05. The van der Waals surface area contributed by atoms with Crippen molar-refractivity contribution in [1.29, 1.82) is 0 Å². The van der Waals surface area contributed by atoms with Gasteiger partial charge in [-0.25, -0.2) is 8.42 Å². The lowest BCUT2D eigenvalue weighted by Gasteiger charge is -2.17. The third kappa shape index (κ3) is 2.36. The Balaban J connectivity index is 2.41. The standard InChI is InChI=1S/C12H17NO3S/c13-8-12(14)17(15,16)11-6-5-9-3-1-2-4-10(9)7-11/h5-7,12,14H,1-4,8,13H2. The molecule has 0 bridgehead atoms. The molecule has 2 rings (SSSR count). The van der Waals surface area contributed by atoms with Crippen LogP contribution in [0.25, 0.3) is 0 Å². The molecule has 0 amide bonds. The normalized spacial score (nSPS) is 17.5. The van der Waals surface area contributed by atoms with E-state index in [1.54, 1.807) is 12.1 Å². The van der Waals surface area contributed by atoms with E-state index in [0.29, 0.717) is 0 Å². The number of aliphatic hydroxyl groups excluding tert-OH is 1. The molecule has 0 radical (unpaired) electrons. The van der Waals surface area contributed by atoms with Crippen molar-refractivity contribution >= 4 is 9.84 Å². The average Bonchev–Trinajstić information content (AvgIpc) is 2.37. The molecule has 1 aliphatic rings. The fourth-order valence-corrected chi connectivity index (χ4v) is 3.30. The topological polar surface area (TPSA) is 80.4 Å². The highest BCUT2D eigenvalue weighted by molar-refractivity contribution is 7.91. The van der Waals surface area contributed by atoms with Crippen LogP contribution < -0.4 is 5.73 Å². The zero-order valence-corrected chi connectivity index (χ0v) is 10.4. The van der Waals surface area contributed by atoms with Crippen molar-refractivity contribution in [2.75, 3.05) is 6.54 Å². The SMILES string of the molecule is NCC(O)S(=O)(=O)c1ccc2c(c1)CCCC2. The Labute approximate surface area is 101 Å². The van der Waals surface area contributed by atoms with Crippen molar-refractivity contribution in [3.63, 3.8) is 0 Å². The fraction of sp³-hybridized carbons (Fsp3) is 0.500. The molecule has 0 saturated heterocycles. The van der Waals surface area contributed by atoms with Crippen LogP contribution in [0.4, 0.5) is 0 Å². The summed E-state index contributed by atoms with van der Waals surface area (Å²) < 4.78 is 23.8. The summed E-state index contributed by atoms with van der Waals surface area (Å²) >= 11 is 0.